The highest BCUT2D eigenvalue weighted by atomic mass is 32.1. The maximum absolute atomic E-state index is 12.5. The van der Waals surface area contributed by atoms with Crippen molar-refractivity contribution in [3.05, 3.63) is 16.0 Å². The van der Waals surface area contributed by atoms with E-state index in [9.17, 15) is 9.59 Å². The van der Waals surface area contributed by atoms with Gasteiger partial charge in [0.25, 0.3) is 5.91 Å². The van der Waals surface area contributed by atoms with E-state index < -0.39 is 5.91 Å². The zero-order valence-corrected chi connectivity index (χ0v) is 13.4. The number of hydrogen-bond donors (Lipinski definition) is 2. The van der Waals surface area contributed by atoms with E-state index in [2.05, 4.69) is 5.32 Å². The maximum Gasteiger partial charge on any atom is 0.251 e. The van der Waals surface area contributed by atoms with E-state index >= 15 is 0 Å². The van der Waals surface area contributed by atoms with Crippen LogP contribution in [0.2, 0.25) is 0 Å². The highest BCUT2D eigenvalue weighted by Crippen LogP contribution is 2.48. The van der Waals surface area contributed by atoms with E-state index in [1.165, 1.54) is 30.6 Å². The maximum atomic E-state index is 12.5. The Morgan fingerprint density at radius 1 is 1.33 bits per heavy atom. The van der Waals surface area contributed by atoms with Gasteiger partial charge in [-0.25, -0.2) is 0 Å². The standard InChI is InChI=1S/C16H22N2O2S/c1-3-11-8(2)21-16(13(11)14(17)19)18-15(20)12-7-9-4-5-10(12)6-9/h9-10,12H,3-7H2,1-2H3,(H2,17,19)(H,18,20)/t9-,10-,12-/m1/s1. The van der Waals surface area contributed by atoms with Crippen LogP contribution in [0.25, 0.3) is 0 Å². The second-order valence-electron chi connectivity index (χ2n) is 6.33. The van der Waals surface area contributed by atoms with Crippen LogP contribution in [-0.2, 0) is 11.2 Å². The van der Waals surface area contributed by atoms with Crippen molar-refractivity contribution in [3.8, 4) is 0 Å². The number of aryl methyl sites for hydroxylation is 1. The molecule has 2 aliphatic carbocycles. The molecule has 0 radical (unpaired) electrons. The summed E-state index contributed by atoms with van der Waals surface area (Å²) in [5.41, 5.74) is 6.99. The number of fused-ring (bicyclic) bond motifs is 2. The van der Waals surface area contributed by atoms with Crippen LogP contribution in [-0.4, -0.2) is 11.8 Å². The lowest BCUT2D eigenvalue weighted by Gasteiger charge is -2.20. The zero-order valence-electron chi connectivity index (χ0n) is 12.6. The second kappa shape index (κ2) is 5.44. The number of carbonyl (C=O) groups is 2. The van der Waals surface area contributed by atoms with Crippen molar-refractivity contribution < 1.29 is 9.59 Å². The van der Waals surface area contributed by atoms with Crippen molar-refractivity contribution in [1.29, 1.82) is 0 Å². The molecule has 2 fully saturated rings. The minimum Gasteiger partial charge on any atom is -0.365 e. The summed E-state index contributed by atoms with van der Waals surface area (Å²) in [4.78, 5) is 25.3. The van der Waals surface area contributed by atoms with Gasteiger partial charge in [0, 0.05) is 10.8 Å². The number of hydrogen-bond acceptors (Lipinski definition) is 3. The highest BCUT2D eigenvalue weighted by molar-refractivity contribution is 7.16. The predicted molar refractivity (Wildman–Crippen MR) is 84.5 cm³/mol. The first-order valence-corrected chi connectivity index (χ1v) is 8.55. The lowest BCUT2D eigenvalue weighted by molar-refractivity contribution is -0.121. The molecule has 0 unspecified atom stereocenters. The summed E-state index contributed by atoms with van der Waals surface area (Å²) >= 11 is 1.47. The Labute approximate surface area is 129 Å². The highest BCUT2D eigenvalue weighted by Gasteiger charge is 2.43. The van der Waals surface area contributed by atoms with Crippen LogP contribution in [0.1, 0.15) is 53.4 Å². The number of anilines is 1. The summed E-state index contributed by atoms with van der Waals surface area (Å²) in [7, 11) is 0. The van der Waals surface area contributed by atoms with Crippen LogP contribution in [0, 0.1) is 24.7 Å². The summed E-state index contributed by atoms with van der Waals surface area (Å²) in [6.45, 7) is 3.98. The van der Waals surface area contributed by atoms with Gasteiger partial charge in [-0.1, -0.05) is 13.3 Å². The molecule has 2 aliphatic rings. The van der Waals surface area contributed by atoms with Gasteiger partial charge in [0.15, 0.2) is 0 Å². The number of amides is 2. The molecule has 0 aromatic carbocycles. The number of nitrogens with one attached hydrogen (secondary N) is 1. The van der Waals surface area contributed by atoms with Crippen molar-refractivity contribution >= 4 is 28.2 Å². The third-order valence-electron chi connectivity index (χ3n) is 5.12. The number of rotatable bonds is 4. The van der Waals surface area contributed by atoms with Gasteiger partial charge in [0.2, 0.25) is 5.91 Å². The molecule has 3 N–H and O–H groups in total. The van der Waals surface area contributed by atoms with E-state index in [1.54, 1.807) is 0 Å². The number of thiophene rings is 1. The number of carbonyl (C=O) groups excluding carboxylic acids is 2. The normalized spacial score (nSPS) is 27.0. The zero-order chi connectivity index (χ0) is 15.1. The van der Waals surface area contributed by atoms with Gasteiger partial charge in [-0.2, -0.15) is 0 Å². The molecule has 1 aromatic rings. The molecule has 4 nitrogen and oxygen atoms in total. The van der Waals surface area contributed by atoms with Gasteiger partial charge in [-0.05, 0) is 50.0 Å². The lowest BCUT2D eigenvalue weighted by atomic mass is 9.88. The van der Waals surface area contributed by atoms with E-state index in [1.807, 2.05) is 13.8 Å². The third kappa shape index (κ3) is 2.48. The summed E-state index contributed by atoms with van der Waals surface area (Å²) < 4.78 is 0. The van der Waals surface area contributed by atoms with Gasteiger partial charge in [-0.15, -0.1) is 11.3 Å². The van der Waals surface area contributed by atoms with Crippen LogP contribution in [0.3, 0.4) is 0 Å². The van der Waals surface area contributed by atoms with Crippen molar-refractivity contribution in [2.75, 3.05) is 5.32 Å². The van der Waals surface area contributed by atoms with E-state index in [0.717, 1.165) is 29.2 Å². The molecule has 21 heavy (non-hydrogen) atoms. The fourth-order valence-corrected chi connectivity index (χ4v) is 5.28. The molecule has 0 spiro atoms. The molecule has 0 aliphatic heterocycles. The van der Waals surface area contributed by atoms with Crippen LogP contribution < -0.4 is 11.1 Å². The Morgan fingerprint density at radius 2 is 2.10 bits per heavy atom. The van der Waals surface area contributed by atoms with Gasteiger partial charge in [0.1, 0.15) is 5.00 Å². The first kappa shape index (κ1) is 14.6. The average Bonchev–Trinajstić information content (AvgIpc) is 3.11. The minimum atomic E-state index is -0.445. The molecule has 1 heterocycles. The Balaban J connectivity index is 1.81. The van der Waals surface area contributed by atoms with E-state index in [4.69, 9.17) is 5.73 Å². The minimum absolute atomic E-state index is 0.0774. The number of nitrogens with two attached hydrogens (primary N) is 1. The lowest BCUT2D eigenvalue weighted by Crippen LogP contribution is -2.28. The monoisotopic (exact) mass is 306 g/mol. The van der Waals surface area contributed by atoms with Gasteiger partial charge in [-0.3, -0.25) is 9.59 Å². The first-order valence-electron chi connectivity index (χ1n) is 7.74. The topological polar surface area (TPSA) is 72.2 Å². The molecule has 2 amide bonds. The van der Waals surface area contributed by atoms with Crippen LogP contribution >= 0.6 is 11.3 Å². The summed E-state index contributed by atoms with van der Waals surface area (Å²) in [6, 6.07) is 0. The summed E-state index contributed by atoms with van der Waals surface area (Å²) in [6.07, 6.45) is 5.41. The van der Waals surface area contributed by atoms with E-state index in [0.29, 0.717) is 16.5 Å². The SMILES string of the molecule is CCc1c(C)sc(NC(=O)[C@@H]2C[C@@H]3CC[C@@H]2C3)c1C(N)=O. The van der Waals surface area contributed by atoms with Crippen molar-refractivity contribution in [3.63, 3.8) is 0 Å². The quantitative estimate of drug-likeness (QED) is 0.897. The average molecular weight is 306 g/mol. The van der Waals surface area contributed by atoms with Crippen molar-refractivity contribution in [1.82, 2.24) is 0 Å². The molecule has 1 aromatic heterocycles. The molecule has 114 valence electrons. The van der Waals surface area contributed by atoms with Gasteiger partial charge < -0.3 is 11.1 Å². The van der Waals surface area contributed by atoms with Crippen LogP contribution in [0.5, 0.6) is 0 Å². The smallest absolute Gasteiger partial charge is 0.251 e. The molecule has 5 heteroatoms. The van der Waals surface area contributed by atoms with Crippen molar-refractivity contribution in [2.45, 2.75) is 46.0 Å². The molecule has 3 rings (SSSR count). The fraction of sp³-hybridized carbons (Fsp3) is 0.625. The second-order valence-corrected chi connectivity index (χ2v) is 7.55. The van der Waals surface area contributed by atoms with Gasteiger partial charge >= 0.3 is 0 Å². The Bertz CT molecular complexity index is 593. The molecular formula is C16H22N2O2S. The largest absolute Gasteiger partial charge is 0.365 e. The summed E-state index contributed by atoms with van der Waals surface area (Å²) in [5, 5.41) is 3.64. The van der Waals surface area contributed by atoms with Crippen molar-refractivity contribution in [2.24, 2.45) is 23.5 Å². The molecular weight excluding hydrogens is 284 g/mol. The molecule has 0 saturated heterocycles. The molecule has 2 saturated carbocycles. The van der Waals surface area contributed by atoms with E-state index in [-0.39, 0.29) is 11.8 Å². The van der Waals surface area contributed by atoms with Crippen LogP contribution in [0.4, 0.5) is 5.00 Å². The first-order chi connectivity index (χ1) is 10.0. The molecule has 3 atom stereocenters. The number of primary amides is 1. The fourth-order valence-electron chi connectivity index (χ4n) is 4.12. The Hall–Kier alpha value is -1.36. The van der Waals surface area contributed by atoms with Gasteiger partial charge in [0.05, 0.1) is 5.56 Å². The predicted octanol–water partition coefficient (Wildman–Crippen LogP) is 3.09. The Kier molecular flexibility index (Phi) is 3.78. The summed E-state index contributed by atoms with van der Waals surface area (Å²) in [5.74, 6) is 1.03. The Morgan fingerprint density at radius 3 is 2.62 bits per heavy atom. The third-order valence-corrected chi connectivity index (χ3v) is 6.18. The van der Waals surface area contributed by atoms with Crippen LogP contribution in [0.15, 0.2) is 0 Å². The molecule has 2 bridgehead atoms.